The van der Waals surface area contributed by atoms with Crippen molar-refractivity contribution < 1.29 is 14.3 Å². The van der Waals surface area contributed by atoms with E-state index in [1.807, 2.05) is 6.07 Å². The van der Waals surface area contributed by atoms with Crippen LogP contribution in [0.2, 0.25) is 0 Å². The smallest absolute Gasteiger partial charge is 0.331 e. The van der Waals surface area contributed by atoms with E-state index in [-0.39, 0.29) is 12.0 Å². The quantitative estimate of drug-likeness (QED) is 0.649. The molecule has 106 valence electrons. The number of nitrogens with zero attached hydrogens (tertiary/aromatic N) is 1. The molecule has 0 radical (unpaired) electrons. The number of ether oxygens (including phenoxy) is 1. The third kappa shape index (κ3) is 3.81. The van der Waals surface area contributed by atoms with E-state index in [2.05, 4.69) is 15.6 Å². The first-order valence-electron chi connectivity index (χ1n) is 6.47. The normalized spacial score (nSPS) is 14.4. The van der Waals surface area contributed by atoms with Crippen LogP contribution >= 0.6 is 0 Å². The zero-order chi connectivity index (χ0) is 14.5. The maximum atomic E-state index is 11.4. The van der Waals surface area contributed by atoms with Gasteiger partial charge in [-0.05, 0) is 31.6 Å². The van der Waals surface area contributed by atoms with Crippen LogP contribution in [0.15, 0.2) is 18.3 Å². The average Bonchev–Trinajstić information content (AvgIpc) is 2.55. The molecule has 1 aromatic rings. The fourth-order valence-electron chi connectivity index (χ4n) is 1.75. The van der Waals surface area contributed by atoms with Crippen molar-refractivity contribution in [2.75, 3.05) is 17.2 Å². The Morgan fingerprint density at radius 3 is 3.05 bits per heavy atom. The zero-order valence-corrected chi connectivity index (χ0v) is 11.5. The molecule has 2 rings (SSSR count). The Morgan fingerprint density at radius 2 is 2.30 bits per heavy atom. The lowest BCUT2D eigenvalue weighted by atomic mass is 10.2. The van der Waals surface area contributed by atoms with E-state index >= 15 is 0 Å². The fraction of sp³-hybridized carbons (Fsp3) is 0.357. The number of rotatable bonds is 3. The molecule has 0 atom stereocenters. The second-order valence-corrected chi connectivity index (χ2v) is 4.71. The molecule has 0 saturated heterocycles. The van der Waals surface area contributed by atoms with Gasteiger partial charge in [-0.15, -0.1) is 0 Å². The standard InChI is InChI=1S/C14H17N3O3/c1-9(2)20-13(19)4-3-10-7-11-14(16-8-10)17-12(18)5-6-15-11/h3-4,7-9,15H,5-6H2,1-2H3,(H,16,17,18)/b4-3+. The summed E-state index contributed by atoms with van der Waals surface area (Å²) >= 11 is 0. The van der Waals surface area contributed by atoms with Crippen LogP contribution in [-0.4, -0.2) is 29.5 Å². The molecule has 1 aliphatic rings. The van der Waals surface area contributed by atoms with Gasteiger partial charge in [-0.2, -0.15) is 0 Å². The molecule has 2 N–H and O–H groups in total. The van der Waals surface area contributed by atoms with Gasteiger partial charge in [-0.25, -0.2) is 9.78 Å². The Labute approximate surface area is 117 Å². The Balaban J connectivity index is 2.11. The number of anilines is 2. The van der Waals surface area contributed by atoms with Gasteiger partial charge in [0.05, 0.1) is 11.8 Å². The van der Waals surface area contributed by atoms with Gasteiger partial charge in [0.25, 0.3) is 0 Å². The molecule has 1 aromatic heterocycles. The predicted molar refractivity (Wildman–Crippen MR) is 76.2 cm³/mol. The second kappa shape index (κ2) is 6.18. The number of aromatic nitrogens is 1. The highest BCUT2D eigenvalue weighted by Crippen LogP contribution is 2.23. The van der Waals surface area contributed by atoms with Crippen molar-refractivity contribution in [3.63, 3.8) is 0 Å². The largest absolute Gasteiger partial charge is 0.460 e. The molecule has 6 nitrogen and oxygen atoms in total. The Kier molecular flexibility index (Phi) is 4.34. The van der Waals surface area contributed by atoms with Crippen LogP contribution in [-0.2, 0) is 14.3 Å². The molecular formula is C14H17N3O3. The summed E-state index contributed by atoms with van der Waals surface area (Å²) in [6.07, 6.45) is 4.84. The number of hydrogen-bond donors (Lipinski definition) is 2. The first-order chi connectivity index (χ1) is 9.54. The van der Waals surface area contributed by atoms with Crippen molar-refractivity contribution in [3.05, 3.63) is 23.9 Å². The molecule has 1 amide bonds. The van der Waals surface area contributed by atoms with Crippen molar-refractivity contribution in [2.24, 2.45) is 0 Å². The minimum atomic E-state index is -0.392. The average molecular weight is 275 g/mol. The second-order valence-electron chi connectivity index (χ2n) is 4.71. The molecule has 2 heterocycles. The summed E-state index contributed by atoms with van der Waals surface area (Å²) in [6.45, 7) is 4.15. The maximum Gasteiger partial charge on any atom is 0.331 e. The highest BCUT2D eigenvalue weighted by Gasteiger charge is 2.13. The van der Waals surface area contributed by atoms with E-state index < -0.39 is 5.97 Å². The van der Waals surface area contributed by atoms with Gasteiger partial charge in [0.1, 0.15) is 0 Å². The van der Waals surface area contributed by atoms with Crippen molar-refractivity contribution in [1.29, 1.82) is 0 Å². The van der Waals surface area contributed by atoms with Gasteiger partial charge in [0.15, 0.2) is 5.82 Å². The molecule has 6 heteroatoms. The lowest BCUT2D eigenvalue weighted by molar-refractivity contribution is -0.141. The third-order valence-electron chi connectivity index (χ3n) is 2.60. The van der Waals surface area contributed by atoms with Crippen LogP contribution < -0.4 is 10.6 Å². The Hall–Kier alpha value is -2.37. The number of esters is 1. The maximum absolute atomic E-state index is 11.4. The number of nitrogens with one attached hydrogen (secondary N) is 2. The fourth-order valence-corrected chi connectivity index (χ4v) is 1.75. The molecule has 0 fully saturated rings. The van der Waals surface area contributed by atoms with Crippen molar-refractivity contribution in [3.8, 4) is 0 Å². The molecular weight excluding hydrogens is 258 g/mol. The summed E-state index contributed by atoms with van der Waals surface area (Å²) in [7, 11) is 0. The lowest BCUT2D eigenvalue weighted by Gasteiger charge is -2.07. The van der Waals surface area contributed by atoms with Gasteiger partial charge >= 0.3 is 5.97 Å². The number of fused-ring (bicyclic) bond motifs is 1. The first kappa shape index (κ1) is 14.0. The summed E-state index contributed by atoms with van der Waals surface area (Å²) in [5.74, 6) is 0.0539. The molecule has 0 bridgehead atoms. The third-order valence-corrected chi connectivity index (χ3v) is 2.60. The molecule has 0 aliphatic carbocycles. The van der Waals surface area contributed by atoms with Crippen LogP contribution in [0.4, 0.5) is 11.5 Å². The minimum absolute atomic E-state index is 0.0625. The van der Waals surface area contributed by atoms with Crippen LogP contribution in [0.1, 0.15) is 25.8 Å². The van der Waals surface area contributed by atoms with E-state index in [4.69, 9.17) is 4.74 Å². The molecule has 0 spiro atoms. The number of hydrogen-bond acceptors (Lipinski definition) is 5. The SMILES string of the molecule is CC(C)OC(=O)/C=C/c1cnc2c(c1)NCCC(=O)N2. The van der Waals surface area contributed by atoms with Gasteiger partial charge in [-0.3, -0.25) is 4.79 Å². The highest BCUT2D eigenvalue weighted by atomic mass is 16.5. The highest BCUT2D eigenvalue weighted by molar-refractivity contribution is 5.95. The van der Waals surface area contributed by atoms with Crippen molar-refractivity contribution >= 4 is 29.5 Å². The van der Waals surface area contributed by atoms with Crippen molar-refractivity contribution in [1.82, 2.24) is 4.98 Å². The summed E-state index contributed by atoms with van der Waals surface area (Å²) in [6, 6.07) is 1.83. The molecule has 0 saturated carbocycles. The molecule has 20 heavy (non-hydrogen) atoms. The van der Waals surface area contributed by atoms with E-state index in [0.717, 1.165) is 11.3 Å². The van der Waals surface area contributed by atoms with Crippen LogP contribution in [0, 0.1) is 0 Å². The molecule has 0 unspecified atom stereocenters. The van der Waals surface area contributed by atoms with E-state index in [0.29, 0.717) is 18.8 Å². The predicted octanol–water partition coefficient (Wildman–Crippen LogP) is 1.80. The number of carbonyl (C=O) groups excluding carboxylic acids is 2. The minimum Gasteiger partial charge on any atom is -0.460 e. The summed E-state index contributed by atoms with van der Waals surface area (Å²) < 4.78 is 5.00. The molecule has 0 aromatic carbocycles. The van der Waals surface area contributed by atoms with E-state index in [1.54, 1.807) is 26.1 Å². The number of pyridine rings is 1. The van der Waals surface area contributed by atoms with Crippen LogP contribution in [0.5, 0.6) is 0 Å². The monoisotopic (exact) mass is 275 g/mol. The van der Waals surface area contributed by atoms with E-state index in [9.17, 15) is 9.59 Å². The van der Waals surface area contributed by atoms with Gasteiger partial charge in [0, 0.05) is 25.2 Å². The lowest BCUT2D eigenvalue weighted by Crippen LogP contribution is -2.11. The van der Waals surface area contributed by atoms with Crippen LogP contribution in [0.25, 0.3) is 6.08 Å². The summed E-state index contributed by atoms with van der Waals surface area (Å²) in [5.41, 5.74) is 1.50. The summed E-state index contributed by atoms with van der Waals surface area (Å²) in [4.78, 5) is 27.0. The van der Waals surface area contributed by atoms with Gasteiger partial charge < -0.3 is 15.4 Å². The molecule has 1 aliphatic heterocycles. The van der Waals surface area contributed by atoms with Crippen LogP contribution in [0.3, 0.4) is 0 Å². The van der Waals surface area contributed by atoms with Gasteiger partial charge in [-0.1, -0.05) is 0 Å². The zero-order valence-electron chi connectivity index (χ0n) is 11.5. The summed E-state index contributed by atoms with van der Waals surface area (Å²) in [5, 5.41) is 5.83. The Morgan fingerprint density at radius 1 is 1.50 bits per heavy atom. The van der Waals surface area contributed by atoms with E-state index in [1.165, 1.54) is 6.08 Å². The number of carbonyl (C=O) groups is 2. The van der Waals surface area contributed by atoms with Gasteiger partial charge in [0.2, 0.25) is 5.91 Å². The van der Waals surface area contributed by atoms with Crippen molar-refractivity contribution in [2.45, 2.75) is 26.4 Å². The Bertz CT molecular complexity index is 553. The topological polar surface area (TPSA) is 80.3 Å². The first-order valence-corrected chi connectivity index (χ1v) is 6.47. The number of amides is 1.